The molecule has 2 aromatic carbocycles. The number of likely N-dealkylation sites (tertiary alicyclic amines) is 1. The Bertz CT molecular complexity index is 1610. The molecule has 2 N–H and O–H groups in total. The molecule has 1 aliphatic heterocycles. The maximum absolute atomic E-state index is 13.9. The van der Waals surface area contributed by atoms with E-state index in [1.807, 2.05) is 32.0 Å². The number of hydrogen-bond acceptors (Lipinski definition) is 7. The van der Waals surface area contributed by atoms with E-state index in [1.54, 1.807) is 37.8 Å². The summed E-state index contributed by atoms with van der Waals surface area (Å²) in [5.41, 5.74) is 0.924. The minimum Gasteiger partial charge on any atom is -0.493 e. The average Bonchev–Trinajstić information content (AvgIpc) is 3.41. The fourth-order valence-electron chi connectivity index (χ4n) is 5.33. The molecule has 3 atom stereocenters. The normalized spacial score (nSPS) is 17.3. The Hall–Kier alpha value is -4.36. The lowest BCUT2D eigenvalue weighted by molar-refractivity contribution is -0.137. The molecule has 4 rings (SSSR count). The second kappa shape index (κ2) is 12.2. The van der Waals surface area contributed by atoms with Gasteiger partial charge >= 0.3 is 5.56 Å². The standard InChI is InChI=1S/C31H34ClN5O5/c1-17-12-21(15-24(41-6)27(17)42-25-13-18(2)35-36-29(25)39)28(38)34-19(3)30(40)37-23(20-8-7-9-22(32)14-20)10-11-26(37)31(4,5)16-33/h7-9,12-15,19,23,26H,10-11H2,1-6H3,(H,34,38)(H,36,39)/t19-,23+,26-/m1/s1. The zero-order valence-corrected chi connectivity index (χ0v) is 25.2. The van der Waals surface area contributed by atoms with Gasteiger partial charge in [0.2, 0.25) is 5.91 Å². The van der Waals surface area contributed by atoms with Crippen LogP contribution in [0.5, 0.6) is 17.2 Å². The fourth-order valence-corrected chi connectivity index (χ4v) is 5.53. The largest absolute Gasteiger partial charge is 0.493 e. The van der Waals surface area contributed by atoms with Crippen molar-refractivity contribution in [1.82, 2.24) is 20.4 Å². The number of carbonyl (C=O) groups is 2. The van der Waals surface area contributed by atoms with E-state index in [9.17, 15) is 19.6 Å². The monoisotopic (exact) mass is 591 g/mol. The summed E-state index contributed by atoms with van der Waals surface area (Å²) in [4.78, 5) is 41.2. The van der Waals surface area contributed by atoms with Crippen LogP contribution in [0.15, 0.2) is 47.3 Å². The Morgan fingerprint density at radius 3 is 2.60 bits per heavy atom. The molecule has 0 spiro atoms. The summed E-state index contributed by atoms with van der Waals surface area (Å²) in [6.45, 7) is 8.71. The van der Waals surface area contributed by atoms with Crippen molar-refractivity contribution in [1.29, 1.82) is 5.26 Å². The fraction of sp³-hybridized carbons (Fsp3) is 0.387. The summed E-state index contributed by atoms with van der Waals surface area (Å²) in [7, 11) is 1.43. The molecule has 0 bridgehead atoms. The van der Waals surface area contributed by atoms with Crippen molar-refractivity contribution in [3.63, 3.8) is 0 Å². The average molecular weight is 592 g/mol. The van der Waals surface area contributed by atoms with Gasteiger partial charge in [-0.05, 0) is 82.9 Å². The number of halogens is 1. The van der Waals surface area contributed by atoms with E-state index in [4.69, 9.17) is 21.1 Å². The van der Waals surface area contributed by atoms with Gasteiger partial charge in [0.05, 0.1) is 36.4 Å². The molecule has 1 aromatic heterocycles. The molecule has 0 saturated carbocycles. The van der Waals surface area contributed by atoms with Crippen LogP contribution < -0.4 is 20.3 Å². The lowest BCUT2D eigenvalue weighted by atomic mass is 9.84. The maximum atomic E-state index is 13.9. The third kappa shape index (κ3) is 6.26. The molecule has 1 saturated heterocycles. The molecule has 220 valence electrons. The molecule has 0 aliphatic carbocycles. The maximum Gasteiger partial charge on any atom is 0.307 e. The molecule has 2 amide bonds. The number of H-pyrrole nitrogens is 1. The topological polar surface area (TPSA) is 137 Å². The van der Waals surface area contributed by atoms with Gasteiger partial charge in [-0.2, -0.15) is 10.4 Å². The molecule has 42 heavy (non-hydrogen) atoms. The number of rotatable bonds is 8. The smallest absolute Gasteiger partial charge is 0.307 e. The van der Waals surface area contributed by atoms with E-state index in [1.165, 1.54) is 19.2 Å². The second-order valence-corrected chi connectivity index (χ2v) is 11.5. The number of nitrogens with zero attached hydrogens (tertiary/aromatic N) is 3. The zero-order chi connectivity index (χ0) is 30.8. The highest BCUT2D eigenvalue weighted by molar-refractivity contribution is 6.30. The first kappa shape index (κ1) is 30.6. The number of methoxy groups -OCH3 is 1. The SMILES string of the molecule is COc1cc(C(=O)N[C@H](C)C(=O)N2[C@H](c3cccc(Cl)c3)CC[C@@H]2C(C)(C)C#N)cc(C)c1Oc1cc(C)n[nH]c1=O. The number of carbonyl (C=O) groups excluding carboxylic acids is 2. The van der Waals surface area contributed by atoms with E-state index in [0.717, 1.165) is 5.56 Å². The summed E-state index contributed by atoms with van der Waals surface area (Å²) in [6, 6.07) is 12.8. The number of hydrogen-bond donors (Lipinski definition) is 2. The summed E-state index contributed by atoms with van der Waals surface area (Å²) in [6.07, 6.45) is 1.31. The molecule has 11 heteroatoms. The van der Waals surface area contributed by atoms with Crippen LogP contribution in [-0.4, -0.2) is 46.1 Å². The Kier molecular flexibility index (Phi) is 8.92. The lowest BCUT2D eigenvalue weighted by Crippen LogP contribution is -2.52. The first-order valence-corrected chi connectivity index (χ1v) is 14.0. The van der Waals surface area contributed by atoms with Gasteiger partial charge < -0.3 is 19.7 Å². The lowest BCUT2D eigenvalue weighted by Gasteiger charge is -2.38. The van der Waals surface area contributed by atoms with Gasteiger partial charge in [0.1, 0.15) is 6.04 Å². The van der Waals surface area contributed by atoms with Crippen LogP contribution in [0.3, 0.4) is 0 Å². The molecular formula is C31H34ClN5O5. The number of ether oxygens (including phenoxy) is 2. The first-order chi connectivity index (χ1) is 19.9. The van der Waals surface area contributed by atoms with Crippen molar-refractivity contribution >= 4 is 23.4 Å². The molecular weight excluding hydrogens is 558 g/mol. The van der Waals surface area contributed by atoms with Crippen molar-refractivity contribution in [2.75, 3.05) is 7.11 Å². The van der Waals surface area contributed by atoms with Gasteiger partial charge in [-0.3, -0.25) is 14.4 Å². The molecule has 3 aromatic rings. The van der Waals surface area contributed by atoms with Gasteiger partial charge in [0, 0.05) is 16.7 Å². The Labute approximate surface area is 249 Å². The van der Waals surface area contributed by atoms with Crippen LogP contribution >= 0.6 is 11.6 Å². The van der Waals surface area contributed by atoms with Gasteiger partial charge in [-0.1, -0.05) is 23.7 Å². The molecule has 2 heterocycles. The van der Waals surface area contributed by atoms with Gasteiger partial charge in [0.25, 0.3) is 5.91 Å². The van der Waals surface area contributed by atoms with Gasteiger partial charge in [0.15, 0.2) is 17.2 Å². The molecule has 0 unspecified atom stereocenters. The number of amides is 2. The van der Waals surface area contributed by atoms with Crippen molar-refractivity contribution in [2.45, 2.75) is 65.6 Å². The summed E-state index contributed by atoms with van der Waals surface area (Å²) in [5, 5.41) is 19.5. The molecule has 1 fully saturated rings. The third-order valence-electron chi connectivity index (χ3n) is 7.54. The van der Waals surface area contributed by atoms with Crippen LogP contribution in [0.4, 0.5) is 0 Å². The van der Waals surface area contributed by atoms with E-state index >= 15 is 0 Å². The van der Waals surface area contributed by atoms with Crippen LogP contribution in [0.1, 0.15) is 66.8 Å². The van der Waals surface area contributed by atoms with Crippen LogP contribution in [0, 0.1) is 30.6 Å². The van der Waals surface area contributed by atoms with Crippen LogP contribution in [0.2, 0.25) is 5.02 Å². The number of nitriles is 1. The van der Waals surface area contributed by atoms with E-state index < -0.39 is 22.9 Å². The second-order valence-electron chi connectivity index (χ2n) is 11.1. The minimum absolute atomic E-state index is 0.0371. The number of benzene rings is 2. The Morgan fingerprint density at radius 1 is 1.19 bits per heavy atom. The van der Waals surface area contributed by atoms with Crippen molar-refractivity contribution in [3.8, 4) is 23.3 Å². The number of aromatic amines is 1. The van der Waals surface area contributed by atoms with Crippen LogP contribution in [0.25, 0.3) is 0 Å². The van der Waals surface area contributed by atoms with Crippen molar-refractivity contribution in [2.24, 2.45) is 5.41 Å². The number of aromatic nitrogens is 2. The third-order valence-corrected chi connectivity index (χ3v) is 7.78. The minimum atomic E-state index is -0.894. The van der Waals surface area contributed by atoms with E-state index in [0.29, 0.717) is 29.1 Å². The molecule has 1 aliphatic rings. The van der Waals surface area contributed by atoms with E-state index in [2.05, 4.69) is 21.6 Å². The van der Waals surface area contributed by atoms with Gasteiger partial charge in [-0.15, -0.1) is 0 Å². The highest BCUT2D eigenvalue weighted by Gasteiger charge is 2.46. The molecule has 10 nitrogen and oxygen atoms in total. The zero-order valence-electron chi connectivity index (χ0n) is 24.4. The summed E-state index contributed by atoms with van der Waals surface area (Å²) >= 11 is 6.26. The highest BCUT2D eigenvalue weighted by atomic mass is 35.5. The summed E-state index contributed by atoms with van der Waals surface area (Å²) < 4.78 is 11.3. The van der Waals surface area contributed by atoms with Crippen molar-refractivity contribution in [3.05, 3.63) is 80.2 Å². The van der Waals surface area contributed by atoms with Crippen molar-refractivity contribution < 1.29 is 19.1 Å². The Morgan fingerprint density at radius 2 is 1.93 bits per heavy atom. The predicted octanol–water partition coefficient (Wildman–Crippen LogP) is 5.24. The number of aryl methyl sites for hydroxylation is 2. The first-order valence-electron chi connectivity index (χ1n) is 13.6. The van der Waals surface area contributed by atoms with Crippen LogP contribution in [-0.2, 0) is 4.79 Å². The highest BCUT2D eigenvalue weighted by Crippen LogP contribution is 2.44. The summed E-state index contributed by atoms with van der Waals surface area (Å²) in [5.74, 6) is -0.234. The Balaban J connectivity index is 1.59. The predicted molar refractivity (Wildman–Crippen MR) is 158 cm³/mol. The molecule has 0 radical (unpaired) electrons. The van der Waals surface area contributed by atoms with E-state index in [-0.39, 0.29) is 40.8 Å². The van der Waals surface area contributed by atoms with Gasteiger partial charge in [-0.25, -0.2) is 5.10 Å². The number of nitrogens with one attached hydrogen (secondary N) is 2. The quantitative estimate of drug-likeness (QED) is 0.365.